The first kappa shape index (κ1) is 13.2. The SMILES string of the molecule is Nc1ccc(NC(=O)OCc2ccccc2Cl)cc1. The van der Waals surface area contributed by atoms with Crippen LogP contribution in [-0.4, -0.2) is 6.09 Å². The van der Waals surface area contributed by atoms with E-state index in [0.29, 0.717) is 16.4 Å². The van der Waals surface area contributed by atoms with Crippen molar-refractivity contribution in [2.45, 2.75) is 6.61 Å². The fourth-order valence-corrected chi connectivity index (χ4v) is 1.67. The second-order valence-electron chi connectivity index (χ2n) is 3.91. The van der Waals surface area contributed by atoms with Gasteiger partial charge in [-0.05, 0) is 30.3 Å². The summed E-state index contributed by atoms with van der Waals surface area (Å²) >= 11 is 5.96. The van der Waals surface area contributed by atoms with E-state index in [1.165, 1.54) is 0 Å². The quantitative estimate of drug-likeness (QED) is 0.841. The van der Waals surface area contributed by atoms with E-state index in [4.69, 9.17) is 22.1 Å². The van der Waals surface area contributed by atoms with Gasteiger partial charge in [0.2, 0.25) is 0 Å². The van der Waals surface area contributed by atoms with Crippen LogP contribution < -0.4 is 11.1 Å². The predicted octanol–water partition coefficient (Wildman–Crippen LogP) is 3.67. The van der Waals surface area contributed by atoms with Crippen molar-refractivity contribution in [2.24, 2.45) is 0 Å². The summed E-state index contributed by atoms with van der Waals surface area (Å²) < 4.78 is 5.08. The van der Waals surface area contributed by atoms with Crippen LogP contribution in [0.2, 0.25) is 5.02 Å². The van der Waals surface area contributed by atoms with Crippen molar-refractivity contribution in [1.29, 1.82) is 0 Å². The van der Waals surface area contributed by atoms with Crippen LogP contribution in [0, 0.1) is 0 Å². The Morgan fingerprint density at radius 3 is 2.53 bits per heavy atom. The summed E-state index contributed by atoms with van der Waals surface area (Å²) in [5, 5.41) is 3.17. The summed E-state index contributed by atoms with van der Waals surface area (Å²) in [5.41, 5.74) is 7.57. The standard InChI is InChI=1S/C14H13ClN2O2/c15-13-4-2-1-3-10(13)9-19-14(18)17-12-7-5-11(16)6-8-12/h1-8H,9,16H2,(H,17,18). The van der Waals surface area contributed by atoms with Crippen molar-refractivity contribution in [3.8, 4) is 0 Å². The molecule has 0 bridgehead atoms. The molecule has 0 heterocycles. The van der Waals surface area contributed by atoms with Gasteiger partial charge in [-0.2, -0.15) is 0 Å². The van der Waals surface area contributed by atoms with Crippen LogP contribution in [0.1, 0.15) is 5.56 Å². The number of nitrogens with one attached hydrogen (secondary N) is 1. The van der Waals surface area contributed by atoms with Gasteiger partial charge < -0.3 is 10.5 Å². The van der Waals surface area contributed by atoms with Gasteiger partial charge in [-0.25, -0.2) is 4.79 Å². The molecule has 0 aliphatic rings. The first-order valence-corrected chi connectivity index (χ1v) is 6.05. The lowest BCUT2D eigenvalue weighted by molar-refractivity contribution is 0.155. The monoisotopic (exact) mass is 276 g/mol. The molecule has 0 unspecified atom stereocenters. The summed E-state index contributed by atoms with van der Waals surface area (Å²) in [6.07, 6.45) is -0.537. The Morgan fingerprint density at radius 1 is 1.16 bits per heavy atom. The maximum Gasteiger partial charge on any atom is 0.411 e. The number of halogens is 1. The Kier molecular flexibility index (Phi) is 4.26. The van der Waals surface area contributed by atoms with E-state index < -0.39 is 6.09 Å². The summed E-state index contributed by atoms with van der Waals surface area (Å²) in [5.74, 6) is 0. The van der Waals surface area contributed by atoms with Gasteiger partial charge in [0.1, 0.15) is 6.61 Å². The summed E-state index contributed by atoms with van der Waals surface area (Å²) in [6, 6.07) is 14.0. The van der Waals surface area contributed by atoms with Crippen molar-refractivity contribution in [3.05, 3.63) is 59.1 Å². The number of hydrogen-bond donors (Lipinski definition) is 2. The predicted molar refractivity (Wildman–Crippen MR) is 76.1 cm³/mol. The molecular weight excluding hydrogens is 264 g/mol. The molecule has 0 aliphatic carbocycles. The Hall–Kier alpha value is -2.20. The summed E-state index contributed by atoms with van der Waals surface area (Å²) in [7, 11) is 0. The van der Waals surface area contributed by atoms with Crippen LogP contribution >= 0.6 is 11.6 Å². The molecule has 0 radical (unpaired) electrons. The Morgan fingerprint density at radius 2 is 1.84 bits per heavy atom. The van der Waals surface area contributed by atoms with E-state index >= 15 is 0 Å². The second-order valence-corrected chi connectivity index (χ2v) is 4.32. The molecule has 0 saturated carbocycles. The molecule has 0 spiro atoms. The largest absolute Gasteiger partial charge is 0.444 e. The highest BCUT2D eigenvalue weighted by atomic mass is 35.5. The number of anilines is 2. The van der Waals surface area contributed by atoms with Crippen molar-refractivity contribution in [1.82, 2.24) is 0 Å². The zero-order valence-electron chi connectivity index (χ0n) is 10.1. The molecule has 0 aliphatic heterocycles. The van der Waals surface area contributed by atoms with Crippen LogP contribution in [0.25, 0.3) is 0 Å². The highest BCUT2D eigenvalue weighted by Gasteiger charge is 2.05. The third-order valence-electron chi connectivity index (χ3n) is 2.47. The van der Waals surface area contributed by atoms with Crippen molar-refractivity contribution in [2.75, 3.05) is 11.1 Å². The minimum atomic E-state index is -0.537. The first-order valence-electron chi connectivity index (χ1n) is 5.68. The normalized spacial score (nSPS) is 9.95. The fourth-order valence-electron chi connectivity index (χ4n) is 1.48. The number of ether oxygens (including phenoxy) is 1. The molecule has 1 amide bonds. The van der Waals surface area contributed by atoms with E-state index in [9.17, 15) is 4.79 Å². The number of amides is 1. The first-order chi connectivity index (χ1) is 9.15. The molecule has 4 nitrogen and oxygen atoms in total. The van der Waals surface area contributed by atoms with E-state index in [1.807, 2.05) is 12.1 Å². The number of benzene rings is 2. The Labute approximate surface area is 116 Å². The van der Waals surface area contributed by atoms with Gasteiger partial charge in [-0.3, -0.25) is 5.32 Å². The maximum absolute atomic E-state index is 11.6. The summed E-state index contributed by atoms with van der Waals surface area (Å²) in [4.78, 5) is 11.6. The van der Waals surface area contributed by atoms with Gasteiger partial charge in [0.05, 0.1) is 0 Å². The van der Waals surface area contributed by atoms with Crippen LogP contribution in [0.15, 0.2) is 48.5 Å². The molecule has 2 aromatic rings. The number of nitrogen functional groups attached to an aromatic ring is 1. The smallest absolute Gasteiger partial charge is 0.411 e. The minimum Gasteiger partial charge on any atom is -0.444 e. The zero-order chi connectivity index (χ0) is 13.7. The molecule has 0 saturated heterocycles. The number of nitrogens with two attached hydrogens (primary N) is 1. The van der Waals surface area contributed by atoms with Gasteiger partial charge in [0.25, 0.3) is 0 Å². The van der Waals surface area contributed by atoms with Crippen LogP contribution in [-0.2, 0) is 11.3 Å². The van der Waals surface area contributed by atoms with Gasteiger partial charge in [0.15, 0.2) is 0 Å². The maximum atomic E-state index is 11.6. The van der Waals surface area contributed by atoms with E-state index in [2.05, 4.69) is 5.32 Å². The van der Waals surface area contributed by atoms with Crippen molar-refractivity contribution >= 4 is 29.1 Å². The molecule has 0 aromatic heterocycles. The minimum absolute atomic E-state index is 0.125. The second kappa shape index (κ2) is 6.11. The molecule has 0 atom stereocenters. The van der Waals surface area contributed by atoms with Crippen LogP contribution in [0.3, 0.4) is 0 Å². The molecule has 19 heavy (non-hydrogen) atoms. The van der Waals surface area contributed by atoms with Gasteiger partial charge in [-0.15, -0.1) is 0 Å². The molecule has 0 fully saturated rings. The average molecular weight is 277 g/mol. The number of carbonyl (C=O) groups excluding carboxylic acids is 1. The van der Waals surface area contributed by atoms with Crippen LogP contribution in [0.4, 0.5) is 16.2 Å². The lowest BCUT2D eigenvalue weighted by atomic mass is 10.2. The Bertz CT molecular complexity index is 570. The van der Waals surface area contributed by atoms with Gasteiger partial charge in [0, 0.05) is 22.0 Å². The third kappa shape index (κ3) is 3.89. The molecule has 3 N–H and O–H groups in total. The average Bonchev–Trinajstić information content (AvgIpc) is 2.40. The summed E-state index contributed by atoms with van der Waals surface area (Å²) in [6.45, 7) is 0.125. The van der Waals surface area contributed by atoms with Gasteiger partial charge in [-0.1, -0.05) is 29.8 Å². The lowest BCUT2D eigenvalue weighted by Gasteiger charge is -2.08. The number of rotatable bonds is 3. The third-order valence-corrected chi connectivity index (χ3v) is 2.84. The molecule has 2 rings (SSSR count). The van der Waals surface area contributed by atoms with Crippen molar-refractivity contribution < 1.29 is 9.53 Å². The van der Waals surface area contributed by atoms with E-state index in [-0.39, 0.29) is 6.61 Å². The van der Waals surface area contributed by atoms with E-state index in [0.717, 1.165) is 5.56 Å². The highest BCUT2D eigenvalue weighted by molar-refractivity contribution is 6.31. The number of carbonyl (C=O) groups is 1. The molecule has 98 valence electrons. The van der Waals surface area contributed by atoms with Crippen molar-refractivity contribution in [3.63, 3.8) is 0 Å². The number of hydrogen-bond acceptors (Lipinski definition) is 3. The lowest BCUT2D eigenvalue weighted by Crippen LogP contribution is -2.13. The van der Waals surface area contributed by atoms with Crippen LogP contribution in [0.5, 0.6) is 0 Å². The molecule has 5 heteroatoms. The molecular formula is C14H13ClN2O2. The zero-order valence-corrected chi connectivity index (χ0v) is 10.9. The Balaban J connectivity index is 1.88. The fraction of sp³-hybridized carbons (Fsp3) is 0.0714. The van der Waals surface area contributed by atoms with E-state index in [1.54, 1.807) is 36.4 Å². The topological polar surface area (TPSA) is 64.3 Å². The van der Waals surface area contributed by atoms with Gasteiger partial charge >= 0.3 is 6.09 Å². The highest BCUT2D eigenvalue weighted by Crippen LogP contribution is 2.16. The molecule has 2 aromatic carbocycles.